The fourth-order valence-electron chi connectivity index (χ4n) is 2.56. The lowest BCUT2D eigenvalue weighted by molar-refractivity contribution is 0.348. The zero-order valence-electron chi connectivity index (χ0n) is 11.2. The zero-order chi connectivity index (χ0) is 13.6. The van der Waals surface area contributed by atoms with Crippen LogP contribution in [-0.2, 0) is 13.1 Å². The van der Waals surface area contributed by atoms with Gasteiger partial charge >= 0.3 is 11.4 Å². The smallest absolute Gasteiger partial charge is 0.246 e. The molecule has 0 saturated carbocycles. The van der Waals surface area contributed by atoms with E-state index in [1.165, 1.54) is 4.57 Å². The third-order valence-corrected chi connectivity index (χ3v) is 3.85. The monoisotopic (exact) mass is 259 g/mol. The lowest BCUT2D eigenvalue weighted by Crippen LogP contribution is -2.30. The molecule has 0 spiro atoms. The third-order valence-electron chi connectivity index (χ3n) is 3.85. The van der Waals surface area contributed by atoms with E-state index in [9.17, 15) is 9.59 Å². The number of rotatable bonds is 1. The Morgan fingerprint density at radius 1 is 0.895 bits per heavy atom. The topological polar surface area (TPSA) is 48.9 Å². The van der Waals surface area contributed by atoms with Gasteiger partial charge in [0.25, 0.3) is 0 Å². The molecule has 2 heterocycles. The van der Waals surface area contributed by atoms with Crippen LogP contribution < -0.4 is 11.4 Å². The van der Waals surface area contributed by atoms with Crippen molar-refractivity contribution in [1.29, 1.82) is 0 Å². The van der Waals surface area contributed by atoms with Gasteiger partial charge in [-0.1, -0.05) is 6.07 Å². The predicted octanol–water partition coefficient (Wildman–Crippen LogP) is 1.21. The molecule has 1 aromatic carbocycles. The summed E-state index contributed by atoms with van der Waals surface area (Å²) in [5.41, 5.74) is 2.44. The average Bonchev–Trinajstić information content (AvgIpc) is 2.66. The summed E-state index contributed by atoms with van der Waals surface area (Å²) in [6.07, 6.45) is 1.91. The Kier molecular flexibility index (Phi) is 2.69. The number of fused-ring (bicyclic) bond motifs is 1. The number of benzene rings is 1. The molecule has 0 amide bonds. The highest BCUT2D eigenvalue weighted by Gasteiger charge is 2.19. The van der Waals surface area contributed by atoms with E-state index in [-0.39, 0.29) is 11.4 Å². The Morgan fingerprint density at radius 3 is 2.00 bits per heavy atom. The van der Waals surface area contributed by atoms with Crippen LogP contribution in [0.25, 0.3) is 5.69 Å². The van der Waals surface area contributed by atoms with Gasteiger partial charge in [-0.3, -0.25) is 0 Å². The Morgan fingerprint density at radius 2 is 1.47 bits per heavy atom. The number of nitrogens with zero attached hydrogens (tertiary/aromatic N) is 3. The van der Waals surface area contributed by atoms with Crippen LogP contribution in [0.1, 0.15) is 24.0 Å². The highest BCUT2D eigenvalue weighted by molar-refractivity contribution is 5.39. The summed E-state index contributed by atoms with van der Waals surface area (Å²) >= 11 is 0. The molecular formula is C14H17N3O2. The molecule has 19 heavy (non-hydrogen) atoms. The molecule has 0 unspecified atom stereocenters. The number of hydrogen-bond donors (Lipinski definition) is 0. The van der Waals surface area contributed by atoms with Crippen molar-refractivity contribution in [2.24, 2.45) is 0 Å². The largest absolute Gasteiger partial charge is 0.351 e. The van der Waals surface area contributed by atoms with E-state index >= 15 is 0 Å². The summed E-state index contributed by atoms with van der Waals surface area (Å²) in [5.74, 6) is 0. The van der Waals surface area contributed by atoms with Gasteiger partial charge in [-0.2, -0.15) is 0 Å². The van der Waals surface area contributed by atoms with Crippen LogP contribution in [0.5, 0.6) is 0 Å². The second-order valence-corrected chi connectivity index (χ2v) is 5.12. The molecule has 0 saturated heterocycles. The highest BCUT2D eigenvalue weighted by Crippen LogP contribution is 2.12. The molecule has 0 bridgehead atoms. The van der Waals surface area contributed by atoms with E-state index in [4.69, 9.17) is 0 Å². The average molecular weight is 259 g/mol. The molecule has 100 valence electrons. The third kappa shape index (κ3) is 1.77. The lowest BCUT2D eigenvalue weighted by atomic mass is 10.1. The van der Waals surface area contributed by atoms with Crippen molar-refractivity contribution >= 4 is 0 Å². The van der Waals surface area contributed by atoms with Crippen molar-refractivity contribution in [3.8, 4) is 5.69 Å². The predicted molar refractivity (Wildman–Crippen MR) is 73.0 cm³/mol. The van der Waals surface area contributed by atoms with E-state index in [0.29, 0.717) is 18.8 Å². The van der Waals surface area contributed by atoms with E-state index in [1.807, 2.05) is 32.0 Å². The van der Waals surface area contributed by atoms with Gasteiger partial charge in [-0.25, -0.2) is 23.5 Å². The summed E-state index contributed by atoms with van der Waals surface area (Å²) in [6, 6.07) is 5.67. The SMILES string of the molecule is Cc1ccc(-n2c(=O)n3n(c2=O)CCCC3)cc1C. The summed E-state index contributed by atoms with van der Waals surface area (Å²) in [4.78, 5) is 24.7. The molecular weight excluding hydrogens is 242 g/mol. The quantitative estimate of drug-likeness (QED) is 0.773. The van der Waals surface area contributed by atoms with Gasteiger partial charge in [-0.05, 0) is 49.9 Å². The summed E-state index contributed by atoms with van der Waals surface area (Å²) in [5, 5.41) is 0. The first-order valence-electron chi connectivity index (χ1n) is 6.60. The summed E-state index contributed by atoms with van der Waals surface area (Å²) < 4.78 is 4.39. The van der Waals surface area contributed by atoms with Crippen LogP contribution >= 0.6 is 0 Å². The molecule has 2 aromatic rings. The first-order valence-corrected chi connectivity index (χ1v) is 6.60. The first kappa shape index (κ1) is 12.0. The number of hydrogen-bond acceptors (Lipinski definition) is 2. The van der Waals surface area contributed by atoms with Gasteiger partial charge in [0.15, 0.2) is 0 Å². The van der Waals surface area contributed by atoms with Gasteiger partial charge in [-0.15, -0.1) is 0 Å². The molecule has 0 N–H and O–H groups in total. The number of aryl methyl sites for hydroxylation is 2. The van der Waals surface area contributed by atoms with Crippen molar-refractivity contribution in [1.82, 2.24) is 13.9 Å². The molecule has 0 atom stereocenters. The van der Waals surface area contributed by atoms with Crippen molar-refractivity contribution in [3.63, 3.8) is 0 Å². The van der Waals surface area contributed by atoms with Crippen LogP contribution in [0, 0.1) is 13.8 Å². The van der Waals surface area contributed by atoms with Crippen LogP contribution in [0.15, 0.2) is 27.8 Å². The van der Waals surface area contributed by atoms with E-state index in [1.54, 1.807) is 9.36 Å². The maximum Gasteiger partial charge on any atom is 0.351 e. The second-order valence-electron chi connectivity index (χ2n) is 5.12. The Balaban J connectivity index is 2.26. The molecule has 0 fully saturated rings. The van der Waals surface area contributed by atoms with E-state index in [0.717, 1.165) is 24.0 Å². The zero-order valence-corrected chi connectivity index (χ0v) is 11.2. The first-order chi connectivity index (χ1) is 9.09. The minimum atomic E-state index is -0.229. The van der Waals surface area contributed by atoms with E-state index < -0.39 is 0 Å². The van der Waals surface area contributed by atoms with Gasteiger partial charge in [0.1, 0.15) is 0 Å². The van der Waals surface area contributed by atoms with Gasteiger partial charge in [0, 0.05) is 13.1 Å². The van der Waals surface area contributed by atoms with Crippen molar-refractivity contribution in [2.75, 3.05) is 0 Å². The van der Waals surface area contributed by atoms with Crippen LogP contribution in [0.4, 0.5) is 0 Å². The van der Waals surface area contributed by atoms with Gasteiger partial charge in [0.2, 0.25) is 0 Å². The Labute approximate surface area is 110 Å². The fraction of sp³-hybridized carbons (Fsp3) is 0.429. The Hall–Kier alpha value is -2.04. The molecule has 1 aliphatic rings. The number of aromatic nitrogens is 3. The second kappa shape index (κ2) is 4.26. The molecule has 0 radical (unpaired) electrons. The minimum Gasteiger partial charge on any atom is -0.246 e. The minimum absolute atomic E-state index is 0.229. The maximum atomic E-state index is 12.3. The fourth-order valence-corrected chi connectivity index (χ4v) is 2.56. The van der Waals surface area contributed by atoms with Crippen LogP contribution in [0.2, 0.25) is 0 Å². The van der Waals surface area contributed by atoms with Gasteiger partial charge < -0.3 is 0 Å². The summed E-state index contributed by atoms with van der Waals surface area (Å²) in [7, 11) is 0. The lowest BCUT2D eigenvalue weighted by Gasteiger charge is -2.13. The van der Waals surface area contributed by atoms with Crippen LogP contribution in [0.3, 0.4) is 0 Å². The molecule has 3 rings (SSSR count). The van der Waals surface area contributed by atoms with E-state index in [2.05, 4.69) is 0 Å². The van der Waals surface area contributed by atoms with Crippen LogP contribution in [-0.4, -0.2) is 13.9 Å². The Bertz CT molecular complexity index is 712. The normalized spacial score (nSPS) is 14.4. The molecule has 5 nitrogen and oxygen atoms in total. The molecule has 0 aliphatic carbocycles. The standard InChI is InChI=1S/C14H17N3O2/c1-10-5-6-12(9-11(10)2)17-13(18)15-7-3-4-8-16(15)14(17)19/h5-6,9H,3-4,7-8H2,1-2H3. The summed E-state index contributed by atoms with van der Waals surface area (Å²) in [6.45, 7) is 5.26. The molecule has 1 aromatic heterocycles. The van der Waals surface area contributed by atoms with Gasteiger partial charge in [0.05, 0.1) is 5.69 Å². The van der Waals surface area contributed by atoms with Crippen molar-refractivity contribution in [3.05, 3.63) is 50.3 Å². The molecule has 1 aliphatic heterocycles. The maximum absolute atomic E-state index is 12.3. The molecule has 5 heteroatoms. The van der Waals surface area contributed by atoms with Crippen molar-refractivity contribution in [2.45, 2.75) is 39.8 Å². The highest BCUT2D eigenvalue weighted by atomic mass is 16.2. The van der Waals surface area contributed by atoms with Crippen molar-refractivity contribution < 1.29 is 0 Å².